The fourth-order valence-corrected chi connectivity index (χ4v) is 3.17. The van der Waals surface area contributed by atoms with Crippen LogP contribution >= 0.6 is 0 Å². The summed E-state index contributed by atoms with van der Waals surface area (Å²) in [4.78, 5) is 24.6. The van der Waals surface area contributed by atoms with Gasteiger partial charge in [-0.15, -0.1) is 0 Å². The molecule has 0 aromatic carbocycles. The predicted molar refractivity (Wildman–Crippen MR) is 84.9 cm³/mol. The highest BCUT2D eigenvalue weighted by atomic mass is 16.3. The number of ketones is 1. The van der Waals surface area contributed by atoms with Gasteiger partial charge in [0.25, 0.3) is 0 Å². The molecule has 5 heteroatoms. The number of H-pyrrole nitrogens is 1. The number of fused-ring (bicyclic) bond motifs is 1. The van der Waals surface area contributed by atoms with Gasteiger partial charge in [-0.3, -0.25) is 4.79 Å². The molecule has 0 amide bonds. The fraction of sp³-hybridized carbons (Fsp3) is 0.588. The molecule has 2 aromatic heterocycles. The average molecular weight is 301 g/mol. The van der Waals surface area contributed by atoms with E-state index >= 15 is 0 Å². The van der Waals surface area contributed by atoms with Crippen LogP contribution in [0.1, 0.15) is 67.9 Å². The Hall–Kier alpha value is -1.75. The van der Waals surface area contributed by atoms with Gasteiger partial charge in [0.2, 0.25) is 0 Å². The Kier molecular flexibility index (Phi) is 4.25. The third-order valence-corrected chi connectivity index (χ3v) is 4.61. The van der Waals surface area contributed by atoms with Gasteiger partial charge < -0.3 is 10.1 Å². The van der Waals surface area contributed by atoms with Gasteiger partial charge in [0.15, 0.2) is 11.4 Å². The number of rotatable bonds is 4. The van der Waals surface area contributed by atoms with Crippen molar-refractivity contribution in [3.8, 4) is 0 Å². The zero-order valence-electron chi connectivity index (χ0n) is 13.2. The van der Waals surface area contributed by atoms with Crippen LogP contribution in [0.15, 0.2) is 12.4 Å². The van der Waals surface area contributed by atoms with Gasteiger partial charge in [-0.05, 0) is 24.7 Å². The number of carbonyl (C=O) groups excluding carboxylic acids is 1. The van der Waals surface area contributed by atoms with Crippen molar-refractivity contribution in [3.05, 3.63) is 23.7 Å². The first-order chi connectivity index (χ1) is 10.6. The van der Waals surface area contributed by atoms with Crippen LogP contribution in [0.25, 0.3) is 11.2 Å². The number of Topliss-reactive ketones (excluding diaryl/α,β-unsaturated/α-hetero) is 1. The van der Waals surface area contributed by atoms with Crippen molar-refractivity contribution in [2.45, 2.75) is 58.0 Å². The smallest absolute Gasteiger partial charge is 0.167 e. The number of hydrogen-bond donors (Lipinski definition) is 2. The molecule has 1 saturated carbocycles. The summed E-state index contributed by atoms with van der Waals surface area (Å²) >= 11 is 0. The Bertz CT molecular complexity index is 678. The molecule has 2 unspecified atom stereocenters. The lowest BCUT2D eigenvalue weighted by Gasteiger charge is -2.26. The second kappa shape index (κ2) is 6.16. The molecule has 118 valence electrons. The molecule has 0 radical (unpaired) electrons. The normalized spacial score (nSPS) is 22.4. The van der Waals surface area contributed by atoms with Crippen LogP contribution in [0.2, 0.25) is 0 Å². The maximum Gasteiger partial charge on any atom is 0.167 e. The van der Waals surface area contributed by atoms with Crippen LogP contribution in [-0.4, -0.2) is 31.9 Å². The number of aliphatic hydroxyl groups is 1. The summed E-state index contributed by atoms with van der Waals surface area (Å²) in [5.41, 5.74) is 2.79. The van der Waals surface area contributed by atoms with E-state index in [0.29, 0.717) is 23.1 Å². The molecule has 0 spiro atoms. The Labute approximate surface area is 130 Å². The number of aromatic nitrogens is 3. The highest BCUT2D eigenvalue weighted by molar-refractivity contribution is 6.05. The Balaban J connectivity index is 1.85. The Morgan fingerprint density at radius 3 is 2.91 bits per heavy atom. The molecule has 3 rings (SSSR count). The summed E-state index contributed by atoms with van der Waals surface area (Å²) in [6.45, 7) is 4.12. The standard InChI is InChI=1S/C17H23N3O2/c1-10(2)13-9-19-17-16(20-13)12(8-18-17)15(22)7-11-5-3-4-6-14(11)21/h8-11,14,21H,3-7H2,1-2H3,(H,18,19). The van der Waals surface area contributed by atoms with Crippen LogP contribution in [-0.2, 0) is 0 Å². The van der Waals surface area contributed by atoms with E-state index in [4.69, 9.17) is 0 Å². The molecule has 2 atom stereocenters. The number of hydrogen-bond acceptors (Lipinski definition) is 4. The highest BCUT2D eigenvalue weighted by Gasteiger charge is 2.27. The second-order valence-corrected chi connectivity index (χ2v) is 6.59. The first-order valence-electron chi connectivity index (χ1n) is 8.11. The van der Waals surface area contributed by atoms with Crippen molar-refractivity contribution in [2.75, 3.05) is 0 Å². The summed E-state index contributed by atoms with van der Waals surface area (Å²) in [5.74, 6) is 0.398. The minimum Gasteiger partial charge on any atom is -0.393 e. The molecule has 1 aliphatic rings. The summed E-state index contributed by atoms with van der Waals surface area (Å²) < 4.78 is 0. The quantitative estimate of drug-likeness (QED) is 0.850. The van der Waals surface area contributed by atoms with Crippen molar-refractivity contribution in [2.24, 2.45) is 5.92 Å². The van der Waals surface area contributed by atoms with Crippen molar-refractivity contribution in [3.63, 3.8) is 0 Å². The lowest BCUT2D eigenvalue weighted by atomic mass is 9.82. The summed E-state index contributed by atoms with van der Waals surface area (Å²) in [7, 11) is 0. The molecule has 2 N–H and O–H groups in total. The summed E-state index contributed by atoms with van der Waals surface area (Å²) in [5, 5.41) is 10.1. The monoisotopic (exact) mass is 301 g/mol. The highest BCUT2D eigenvalue weighted by Crippen LogP contribution is 2.29. The molecule has 0 saturated heterocycles. The number of aromatic amines is 1. The van der Waals surface area contributed by atoms with Gasteiger partial charge in [-0.2, -0.15) is 0 Å². The third kappa shape index (κ3) is 2.90. The minimum atomic E-state index is -0.347. The number of nitrogens with one attached hydrogen (secondary N) is 1. The lowest BCUT2D eigenvalue weighted by Crippen LogP contribution is -2.26. The zero-order valence-corrected chi connectivity index (χ0v) is 13.2. The lowest BCUT2D eigenvalue weighted by molar-refractivity contribution is 0.0584. The van der Waals surface area contributed by atoms with Crippen molar-refractivity contribution < 1.29 is 9.90 Å². The van der Waals surface area contributed by atoms with E-state index in [9.17, 15) is 9.90 Å². The van der Waals surface area contributed by atoms with Gasteiger partial charge in [0.1, 0.15) is 5.52 Å². The summed E-state index contributed by atoms with van der Waals surface area (Å²) in [6, 6.07) is 0. The zero-order chi connectivity index (χ0) is 15.7. The molecule has 0 aliphatic heterocycles. The molecular formula is C17H23N3O2. The van der Waals surface area contributed by atoms with E-state index in [2.05, 4.69) is 28.8 Å². The minimum absolute atomic E-state index is 0.0485. The first-order valence-corrected chi connectivity index (χ1v) is 8.11. The molecule has 0 bridgehead atoms. The van der Waals surface area contributed by atoms with Crippen LogP contribution in [0.4, 0.5) is 0 Å². The van der Waals surface area contributed by atoms with E-state index in [1.54, 1.807) is 12.4 Å². The van der Waals surface area contributed by atoms with E-state index in [0.717, 1.165) is 31.4 Å². The molecule has 22 heavy (non-hydrogen) atoms. The van der Waals surface area contributed by atoms with Gasteiger partial charge in [0.05, 0.1) is 23.6 Å². The fourth-order valence-electron chi connectivity index (χ4n) is 3.17. The van der Waals surface area contributed by atoms with Crippen molar-refractivity contribution in [1.82, 2.24) is 15.0 Å². The maximum absolute atomic E-state index is 12.6. The largest absolute Gasteiger partial charge is 0.393 e. The Morgan fingerprint density at radius 2 is 2.18 bits per heavy atom. The number of nitrogens with zero attached hydrogens (tertiary/aromatic N) is 2. The summed E-state index contributed by atoms with van der Waals surface area (Å²) in [6.07, 6.45) is 7.39. The van der Waals surface area contributed by atoms with E-state index in [1.165, 1.54) is 0 Å². The van der Waals surface area contributed by atoms with Crippen LogP contribution < -0.4 is 0 Å². The van der Waals surface area contributed by atoms with Crippen molar-refractivity contribution >= 4 is 16.9 Å². The molecular weight excluding hydrogens is 278 g/mol. The second-order valence-electron chi connectivity index (χ2n) is 6.59. The van der Waals surface area contributed by atoms with E-state index in [1.807, 2.05) is 0 Å². The predicted octanol–water partition coefficient (Wildman–Crippen LogP) is 3.21. The molecule has 2 aromatic rings. The maximum atomic E-state index is 12.6. The van der Waals surface area contributed by atoms with Crippen LogP contribution in [0.3, 0.4) is 0 Å². The van der Waals surface area contributed by atoms with Gasteiger partial charge in [-0.25, -0.2) is 9.97 Å². The first kappa shape index (κ1) is 15.2. The van der Waals surface area contributed by atoms with Gasteiger partial charge >= 0.3 is 0 Å². The van der Waals surface area contributed by atoms with Gasteiger partial charge in [0, 0.05) is 12.6 Å². The SMILES string of the molecule is CC(C)c1cnc2[nH]cc(C(=O)CC3CCCCC3O)c2n1. The van der Waals surface area contributed by atoms with E-state index in [-0.39, 0.29) is 23.7 Å². The van der Waals surface area contributed by atoms with Crippen LogP contribution in [0, 0.1) is 5.92 Å². The van der Waals surface area contributed by atoms with Crippen molar-refractivity contribution in [1.29, 1.82) is 0 Å². The molecule has 1 fully saturated rings. The van der Waals surface area contributed by atoms with E-state index < -0.39 is 0 Å². The van der Waals surface area contributed by atoms with Crippen LogP contribution in [0.5, 0.6) is 0 Å². The molecule has 1 aliphatic carbocycles. The average Bonchev–Trinajstić information content (AvgIpc) is 2.92. The third-order valence-electron chi connectivity index (χ3n) is 4.61. The van der Waals surface area contributed by atoms with Gasteiger partial charge in [-0.1, -0.05) is 26.7 Å². The topological polar surface area (TPSA) is 78.9 Å². The number of aliphatic hydroxyl groups excluding tert-OH is 1. The Morgan fingerprint density at radius 1 is 1.41 bits per heavy atom. The number of carbonyl (C=O) groups is 1. The molecule has 2 heterocycles. The molecule has 5 nitrogen and oxygen atoms in total.